The van der Waals surface area contributed by atoms with E-state index >= 15 is 0 Å². The Morgan fingerprint density at radius 2 is 2.05 bits per heavy atom. The van der Waals surface area contributed by atoms with Crippen LogP contribution in [0.2, 0.25) is 0 Å². The van der Waals surface area contributed by atoms with E-state index < -0.39 is 0 Å². The number of hydrogen-bond donors (Lipinski definition) is 1. The maximum atomic E-state index is 9.40. The van der Waals surface area contributed by atoms with Gasteiger partial charge in [-0.05, 0) is 19.3 Å². The monoisotopic (exact) mass is 291 g/mol. The van der Waals surface area contributed by atoms with Gasteiger partial charge in [0.25, 0.3) is 0 Å². The average molecular weight is 291 g/mol. The normalized spacial score (nSPS) is 23.4. The maximum Gasteiger partial charge on any atom is 0.132 e. The van der Waals surface area contributed by atoms with Crippen LogP contribution < -0.4 is 4.90 Å². The lowest BCUT2D eigenvalue weighted by Gasteiger charge is -2.35. The van der Waals surface area contributed by atoms with Gasteiger partial charge in [-0.3, -0.25) is 0 Å². The van der Waals surface area contributed by atoms with Gasteiger partial charge < -0.3 is 14.7 Å². The van der Waals surface area contributed by atoms with Crippen LogP contribution >= 0.6 is 0 Å². The number of aliphatic hydroxyl groups excluding tert-OH is 1. The number of hydrogen-bond acceptors (Lipinski definition) is 5. The highest BCUT2D eigenvalue weighted by atomic mass is 16.5. The van der Waals surface area contributed by atoms with Crippen molar-refractivity contribution in [1.82, 2.24) is 9.97 Å². The third-order valence-electron chi connectivity index (χ3n) is 4.67. The molecule has 0 radical (unpaired) electrons. The summed E-state index contributed by atoms with van der Waals surface area (Å²) in [6, 6.07) is 2.61. The fraction of sp³-hybridized carbons (Fsp3) is 0.750. The standard InChI is InChI=1S/C16H25N3O2/c20-8-7-19(14-4-2-1-3-5-14)16-10-15(17-12-18-16)13-6-9-21-11-13/h10,12-14,20H,1-9,11H2/t13-/m1/s1. The van der Waals surface area contributed by atoms with Crippen LogP contribution in [0.1, 0.15) is 50.1 Å². The topological polar surface area (TPSA) is 58.5 Å². The number of aliphatic hydroxyl groups is 1. The molecule has 0 spiro atoms. The van der Waals surface area contributed by atoms with Crippen molar-refractivity contribution in [3.63, 3.8) is 0 Å². The molecule has 1 aliphatic carbocycles. The molecular formula is C16H25N3O2. The first kappa shape index (κ1) is 14.7. The van der Waals surface area contributed by atoms with Crippen molar-refractivity contribution in [2.45, 2.75) is 50.5 Å². The zero-order valence-electron chi connectivity index (χ0n) is 12.6. The lowest BCUT2D eigenvalue weighted by Crippen LogP contribution is -2.39. The van der Waals surface area contributed by atoms with E-state index in [1.54, 1.807) is 6.33 Å². The molecule has 2 aliphatic rings. The summed E-state index contributed by atoms with van der Waals surface area (Å²) in [7, 11) is 0. The van der Waals surface area contributed by atoms with E-state index in [9.17, 15) is 5.11 Å². The molecule has 116 valence electrons. The molecule has 3 rings (SSSR count). The predicted octanol–water partition coefficient (Wildman–Crippen LogP) is 2.11. The van der Waals surface area contributed by atoms with Gasteiger partial charge in [0.2, 0.25) is 0 Å². The van der Waals surface area contributed by atoms with Gasteiger partial charge in [-0.1, -0.05) is 19.3 Å². The first-order valence-electron chi connectivity index (χ1n) is 8.15. The van der Waals surface area contributed by atoms with Gasteiger partial charge in [0.15, 0.2) is 0 Å². The SMILES string of the molecule is OCCN(c1cc([C@@H]2CCOC2)ncn1)C1CCCCC1. The minimum absolute atomic E-state index is 0.169. The van der Waals surface area contributed by atoms with E-state index in [0.29, 0.717) is 18.5 Å². The van der Waals surface area contributed by atoms with E-state index in [2.05, 4.69) is 20.9 Å². The molecule has 1 aliphatic heterocycles. The third kappa shape index (κ3) is 3.52. The van der Waals surface area contributed by atoms with Crippen LogP contribution in [0.4, 0.5) is 5.82 Å². The van der Waals surface area contributed by atoms with Crippen LogP contribution in [0.25, 0.3) is 0 Å². The smallest absolute Gasteiger partial charge is 0.132 e. The van der Waals surface area contributed by atoms with Crippen molar-refractivity contribution in [2.75, 3.05) is 31.3 Å². The molecule has 2 fully saturated rings. The average Bonchev–Trinajstić information content (AvgIpc) is 3.08. The molecule has 21 heavy (non-hydrogen) atoms. The van der Waals surface area contributed by atoms with E-state index in [0.717, 1.165) is 31.1 Å². The third-order valence-corrected chi connectivity index (χ3v) is 4.67. The molecule has 5 nitrogen and oxygen atoms in total. The Morgan fingerprint density at radius 3 is 2.76 bits per heavy atom. The molecule has 1 saturated heterocycles. The lowest BCUT2D eigenvalue weighted by molar-refractivity contribution is 0.193. The van der Waals surface area contributed by atoms with Crippen molar-refractivity contribution in [3.8, 4) is 0 Å². The van der Waals surface area contributed by atoms with Crippen LogP contribution in [-0.2, 0) is 4.74 Å². The summed E-state index contributed by atoms with van der Waals surface area (Å²) in [5.41, 5.74) is 1.08. The van der Waals surface area contributed by atoms with Crippen molar-refractivity contribution in [2.24, 2.45) is 0 Å². The zero-order chi connectivity index (χ0) is 14.5. The Bertz CT molecular complexity index is 443. The molecular weight excluding hydrogens is 266 g/mol. The lowest BCUT2D eigenvalue weighted by atomic mass is 9.94. The molecule has 1 N–H and O–H groups in total. The van der Waals surface area contributed by atoms with Crippen molar-refractivity contribution in [3.05, 3.63) is 18.1 Å². The molecule has 1 aromatic rings. The summed E-state index contributed by atoms with van der Waals surface area (Å²) in [4.78, 5) is 11.2. The van der Waals surface area contributed by atoms with Gasteiger partial charge in [0, 0.05) is 31.2 Å². The number of rotatable bonds is 5. The fourth-order valence-electron chi connectivity index (χ4n) is 3.49. The maximum absolute atomic E-state index is 9.40. The summed E-state index contributed by atoms with van der Waals surface area (Å²) < 4.78 is 5.46. The molecule has 0 amide bonds. The molecule has 1 atom stereocenters. The van der Waals surface area contributed by atoms with Crippen LogP contribution in [0.15, 0.2) is 12.4 Å². The van der Waals surface area contributed by atoms with Gasteiger partial charge in [0.1, 0.15) is 12.1 Å². The van der Waals surface area contributed by atoms with Gasteiger partial charge in [-0.15, -0.1) is 0 Å². The Balaban J connectivity index is 1.79. The Hall–Kier alpha value is -1.20. The highest BCUT2D eigenvalue weighted by Crippen LogP contribution is 2.29. The highest BCUT2D eigenvalue weighted by molar-refractivity contribution is 5.41. The van der Waals surface area contributed by atoms with Crippen molar-refractivity contribution >= 4 is 5.82 Å². The second-order valence-corrected chi connectivity index (χ2v) is 6.07. The molecule has 0 bridgehead atoms. The summed E-state index contributed by atoms with van der Waals surface area (Å²) in [6.45, 7) is 2.41. The van der Waals surface area contributed by atoms with E-state index in [4.69, 9.17) is 4.74 Å². The van der Waals surface area contributed by atoms with Crippen LogP contribution in [0, 0.1) is 0 Å². The molecule has 1 aromatic heterocycles. The van der Waals surface area contributed by atoms with E-state index in [1.807, 2.05) is 0 Å². The Labute approximate surface area is 126 Å². The minimum atomic E-state index is 0.169. The van der Waals surface area contributed by atoms with Crippen molar-refractivity contribution in [1.29, 1.82) is 0 Å². The summed E-state index contributed by atoms with van der Waals surface area (Å²) in [6.07, 6.45) is 8.99. The van der Waals surface area contributed by atoms with Crippen LogP contribution in [0.5, 0.6) is 0 Å². The summed E-state index contributed by atoms with van der Waals surface area (Å²) in [5, 5.41) is 9.40. The molecule has 2 heterocycles. The number of aromatic nitrogens is 2. The van der Waals surface area contributed by atoms with Crippen LogP contribution in [-0.4, -0.2) is 47.5 Å². The zero-order valence-corrected chi connectivity index (χ0v) is 12.6. The summed E-state index contributed by atoms with van der Waals surface area (Å²) in [5.74, 6) is 1.36. The Morgan fingerprint density at radius 1 is 1.19 bits per heavy atom. The van der Waals surface area contributed by atoms with Crippen LogP contribution in [0.3, 0.4) is 0 Å². The van der Waals surface area contributed by atoms with Crippen molar-refractivity contribution < 1.29 is 9.84 Å². The van der Waals surface area contributed by atoms with Gasteiger partial charge in [0.05, 0.1) is 18.9 Å². The molecule has 5 heteroatoms. The summed E-state index contributed by atoms with van der Waals surface area (Å²) >= 11 is 0. The van der Waals surface area contributed by atoms with Gasteiger partial charge in [-0.25, -0.2) is 9.97 Å². The Kier molecular flexibility index (Phi) is 5.04. The number of anilines is 1. The van der Waals surface area contributed by atoms with E-state index in [1.165, 1.54) is 32.1 Å². The fourth-order valence-corrected chi connectivity index (χ4v) is 3.49. The number of nitrogens with zero attached hydrogens (tertiary/aromatic N) is 3. The van der Waals surface area contributed by atoms with Gasteiger partial charge in [-0.2, -0.15) is 0 Å². The number of ether oxygens (including phenoxy) is 1. The molecule has 0 aromatic carbocycles. The quantitative estimate of drug-likeness (QED) is 0.900. The minimum Gasteiger partial charge on any atom is -0.395 e. The van der Waals surface area contributed by atoms with E-state index in [-0.39, 0.29) is 6.61 Å². The second-order valence-electron chi connectivity index (χ2n) is 6.07. The molecule has 0 unspecified atom stereocenters. The first-order chi connectivity index (χ1) is 10.4. The predicted molar refractivity (Wildman–Crippen MR) is 81.5 cm³/mol. The highest BCUT2D eigenvalue weighted by Gasteiger charge is 2.24. The molecule has 1 saturated carbocycles. The largest absolute Gasteiger partial charge is 0.395 e. The second kappa shape index (κ2) is 7.18. The first-order valence-corrected chi connectivity index (χ1v) is 8.15. The van der Waals surface area contributed by atoms with Gasteiger partial charge >= 0.3 is 0 Å².